The molecule has 0 bridgehead atoms. The van der Waals surface area contributed by atoms with Crippen LogP contribution >= 0.6 is 11.6 Å². The summed E-state index contributed by atoms with van der Waals surface area (Å²) in [7, 11) is 4.13. The molecule has 0 saturated heterocycles. The number of imidazole rings is 1. The Morgan fingerprint density at radius 1 is 1.38 bits per heavy atom. The van der Waals surface area contributed by atoms with Crippen LogP contribution in [0.25, 0.3) is 11.0 Å². The molecule has 21 heavy (non-hydrogen) atoms. The summed E-state index contributed by atoms with van der Waals surface area (Å²) in [6.45, 7) is 5.31. The number of aromatic nitrogens is 2. The van der Waals surface area contributed by atoms with Gasteiger partial charge >= 0.3 is 0 Å². The van der Waals surface area contributed by atoms with Gasteiger partial charge in [-0.15, -0.1) is 11.6 Å². The fourth-order valence-corrected chi connectivity index (χ4v) is 2.87. The minimum absolute atomic E-state index is 0.271. The molecule has 0 fully saturated rings. The predicted molar refractivity (Wildman–Crippen MR) is 86.4 cm³/mol. The van der Waals surface area contributed by atoms with Gasteiger partial charge in [0.05, 0.1) is 23.0 Å². The fourth-order valence-electron chi connectivity index (χ4n) is 2.68. The van der Waals surface area contributed by atoms with Gasteiger partial charge in [0.25, 0.3) is 0 Å². The largest absolute Gasteiger partial charge is 0.322 e. The second kappa shape index (κ2) is 6.46. The third-order valence-electron chi connectivity index (χ3n) is 3.69. The normalized spacial score (nSPS) is 13.0. The van der Waals surface area contributed by atoms with Crippen molar-refractivity contribution in [2.45, 2.75) is 25.8 Å². The van der Waals surface area contributed by atoms with Gasteiger partial charge in [-0.05, 0) is 32.1 Å². The number of hydrogen-bond acceptors (Lipinski definition) is 3. The first-order chi connectivity index (χ1) is 9.99. The Bertz CT molecular complexity index is 667. The highest BCUT2D eigenvalue weighted by atomic mass is 35.5. The van der Waals surface area contributed by atoms with Gasteiger partial charge in [-0.1, -0.05) is 19.9 Å². The van der Waals surface area contributed by atoms with Crippen LogP contribution in [0.4, 0.5) is 0 Å². The number of benzene rings is 1. The fraction of sp³-hybridized carbons (Fsp3) is 0.500. The molecule has 0 amide bonds. The number of likely N-dealkylation sites (N-methyl/N-ethyl adjacent to an activating group) is 1. The van der Waals surface area contributed by atoms with E-state index >= 15 is 0 Å². The van der Waals surface area contributed by atoms with Crippen LogP contribution in [0.15, 0.2) is 18.2 Å². The highest BCUT2D eigenvalue weighted by Crippen LogP contribution is 2.29. The summed E-state index contributed by atoms with van der Waals surface area (Å²) in [6, 6.07) is 8.21. The van der Waals surface area contributed by atoms with Crippen molar-refractivity contribution in [2.75, 3.05) is 20.6 Å². The number of hydrogen-bond donors (Lipinski definition) is 0. The lowest BCUT2D eigenvalue weighted by Gasteiger charge is -2.28. The summed E-state index contributed by atoms with van der Waals surface area (Å²) in [5, 5.41) is 9.26. The third kappa shape index (κ3) is 3.04. The van der Waals surface area contributed by atoms with Gasteiger partial charge in [-0.2, -0.15) is 5.26 Å². The van der Waals surface area contributed by atoms with Crippen molar-refractivity contribution < 1.29 is 0 Å². The molecule has 0 aliphatic heterocycles. The Hall–Kier alpha value is -1.57. The van der Waals surface area contributed by atoms with Crippen molar-refractivity contribution in [3.63, 3.8) is 0 Å². The van der Waals surface area contributed by atoms with E-state index < -0.39 is 0 Å². The SMILES string of the molecule is CC(C)C(CN(C)C)n1c(CCl)nc2c(C#N)cccc21. The van der Waals surface area contributed by atoms with Crippen LogP contribution in [0.5, 0.6) is 0 Å². The Morgan fingerprint density at radius 3 is 2.62 bits per heavy atom. The van der Waals surface area contributed by atoms with Crippen LogP contribution < -0.4 is 0 Å². The molecular weight excluding hydrogens is 284 g/mol. The van der Waals surface area contributed by atoms with Crippen molar-refractivity contribution >= 4 is 22.6 Å². The summed E-state index contributed by atoms with van der Waals surface area (Å²) >= 11 is 6.10. The van der Waals surface area contributed by atoms with Gasteiger partial charge in [0.1, 0.15) is 17.4 Å². The molecule has 0 N–H and O–H groups in total. The zero-order chi connectivity index (χ0) is 15.6. The summed E-state index contributed by atoms with van der Waals surface area (Å²) in [5.41, 5.74) is 2.34. The number of fused-ring (bicyclic) bond motifs is 1. The first kappa shape index (κ1) is 15.8. The van der Waals surface area contributed by atoms with E-state index in [1.54, 1.807) is 6.07 Å². The molecule has 1 heterocycles. The van der Waals surface area contributed by atoms with Crippen molar-refractivity contribution in [1.82, 2.24) is 14.5 Å². The van der Waals surface area contributed by atoms with Crippen molar-refractivity contribution in [3.05, 3.63) is 29.6 Å². The molecule has 1 aromatic heterocycles. The lowest BCUT2D eigenvalue weighted by Crippen LogP contribution is -2.29. The maximum atomic E-state index is 9.26. The highest BCUT2D eigenvalue weighted by Gasteiger charge is 2.23. The van der Waals surface area contributed by atoms with Crippen LogP contribution in [-0.2, 0) is 5.88 Å². The molecule has 1 atom stereocenters. The number of nitriles is 1. The molecule has 0 spiro atoms. The van der Waals surface area contributed by atoms with Crippen LogP contribution in [0.3, 0.4) is 0 Å². The van der Waals surface area contributed by atoms with Gasteiger partial charge < -0.3 is 9.47 Å². The molecule has 0 aliphatic carbocycles. The highest BCUT2D eigenvalue weighted by molar-refractivity contribution is 6.16. The van der Waals surface area contributed by atoms with E-state index in [9.17, 15) is 5.26 Å². The van der Waals surface area contributed by atoms with E-state index in [1.165, 1.54) is 0 Å². The number of alkyl halides is 1. The first-order valence-electron chi connectivity index (χ1n) is 7.10. The molecule has 112 valence electrons. The van der Waals surface area contributed by atoms with E-state index in [1.807, 2.05) is 12.1 Å². The van der Waals surface area contributed by atoms with Crippen LogP contribution in [0.2, 0.25) is 0 Å². The predicted octanol–water partition coefficient (Wildman–Crippen LogP) is 3.41. The molecule has 0 radical (unpaired) electrons. The standard InChI is InChI=1S/C16H21ClN4/c1-11(2)14(10-20(3)4)21-13-7-5-6-12(9-18)16(13)19-15(21)8-17/h5-7,11,14H,8,10H2,1-4H3. The lowest BCUT2D eigenvalue weighted by molar-refractivity contribution is 0.270. The third-order valence-corrected chi connectivity index (χ3v) is 3.93. The minimum Gasteiger partial charge on any atom is -0.322 e. The maximum absolute atomic E-state index is 9.26. The lowest BCUT2D eigenvalue weighted by atomic mass is 10.0. The van der Waals surface area contributed by atoms with Gasteiger partial charge in [0.15, 0.2) is 0 Å². The van der Waals surface area contributed by atoms with Crippen molar-refractivity contribution in [1.29, 1.82) is 5.26 Å². The number of nitrogens with zero attached hydrogens (tertiary/aromatic N) is 4. The molecular formula is C16H21ClN4. The monoisotopic (exact) mass is 304 g/mol. The summed E-state index contributed by atoms with van der Waals surface area (Å²) in [4.78, 5) is 6.77. The van der Waals surface area contributed by atoms with E-state index in [4.69, 9.17) is 11.6 Å². The van der Waals surface area contributed by atoms with E-state index in [0.29, 0.717) is 17.4 Å². The second-order valence-electron chi connectivity index (χ2n) is 5.89. The Morgan fingerprint density at radius 2 is 2.10 bits per heavy atom. The maximum Gasteiger partial charge on any atom is 0.125 e. The van der Waals surface area contributed by atoms with Gasteiger partial charge in [-0.3, -0.25) is 0 Å². The topological polar surface area (TPSA) is 44.9 Å². The first-order valence-corrected chi connectivity index (χ1v) is 7.63. The smallest absolute Gasteiger partial charge is 0.125 e. The van der Waals surface area contributed by atoms with E-state index in [0.717, 1.165) is 23.4 Å². The number of para-hydroxylation sites is 1. The molecule has 2 rings (SSSR count). The molecule has 5 heteroatoms. The Labute approximate surface area is 130 Å². The second-order valence-corrected chi connectivity index (χ2v) is 6.16. The van der Waals surface area contributed by atoms with Crippen LogP contribution in [0.1, 0.15) is 31.3 Å². The molecule has 0 saturated carbocycles. The van der Waals surface area contributed by atoms with Gasteiger partial charge in [0, 0.05) is 6.54 Å². The summed E-state index contributed by atoms with van der Waals surface area (Å²) in [5.74, 6) is 1.61. The van der Waals surface area contributed by atoms with E-state index in [-0.39, 0.29) is 6.04 Å². The molecule has 1 aromatic carbocycles. The average Bonchev–Trinajstić information content (AvgIpc) is 2.82. The minimum atomic E-state index is 0.271. The Kier molecular flexibility index (Phi) is 4.87. The van der Waals surface area contributed by atoms with Crippen LogP contribution in [-0.4, -0.2) is 35.1 Å². The van der Waals surface area contributed by atoms with Crippen molar-refractivity contribution in [3.8, 4) is 6.07 Å². The average molecular weight is 305 g/mol. The van der Waals surface area contributed by atoms with Crippen molar-refractivity contribution in [2.24, 2.45) is 5.92 Å². The van der Waals surface area contributed by atoms with Gasteiger partial charge in [0.2, 0.25) is 0 Å². The molecule has 4 nitrogen and oxygen atoms in total. The quantitative estimate of drug-likeness (QED) is 0.795. The molecule has 0 aliphatic rings. The van der Waals surface area contributed by atoms with E-state index in [2.05, 4.69) is 48.5 Å². The zero-order valence-electron chi connectivity index (χ0n) is 13.0. The molecule has 1 unspecified atom stereocenters. The molecule has 2 aromatic rings. The zero-order valence-corrected chi connectivity index (χ0v) is 13.7. The number of rotatable bonds is 5. The Balaban J connectivity index is 2.68. The number of halogens is 1. The van der Waals surface area contributed by atoms with Gasteiger partial charge in [-0.25, -0.2) is 4.98 Å². The summed E-state index contributed by atoms with van der Waals surface area (Å²) in [6.07, 6.45) is 0. The van der Waals surface area contributed by atoms with Crippen LogP contribution in [0, 0.1) is 17.2 Å². The summed E-state index contributed by atoms with van der Waals surface area (Å²) < 4.78 is 2.20.